The molecule has 0 unspecified atom stereocenters. The standard InChI is InChI=1S/C23H27F3N4O3S/c24-23(25,26)17-3-5-18(6-4-17)27-22(31)28-19-7-9-21(10-8-19)34(32,33)30-15-11-20(12-16-30)29-13-1-2-14-29/h3-10,20H,1-2,11-16H2,(H2,27,28,31). The fourth-order valence-corrected chi connectivity index (χ4v) is 5.92. The highest BCUT2D eigenvalue weighted by atomic mass is 32.2. The average Bonchev–Trinajstić information content (AvgIpc) is 3.34. The van der Waals surface area contributed by atoms with Crippen molar-refractivity contribution in [2.75, 3.05) is 36.8 Å². The largest absolute Gasteiger partial charge is 0.416 e. The molecule has 0 bridgehead atoms. The maximum Gasteiger partial charge on any atom is 0.416 e. The van der Waals surface area contributed by atoms with E-state index in [0.717, 1.165) is 50.2 Å². The van der Waals surface area contributed by atoms with E-state index in [0.29, 0.717) is 24.8 Å². The molecule has 7 nitrogen and oxygen atoms in total. The second kappa shape index (κ2) is 9.93. The number of hydrogen-bond donors (Lipinski definition) is 2. The van der Waals surface area contributed by atoms with Crippen molar-refractivity contribution < 1.29 is 26.4 Å². The number of anilines is 2. The molecule has 0 saturated carbocycles. The monoisotopic (exact) mass is 496 g/mol. The third-order valence-corrected chi connectivity index (χ3v) is 8.21. The molecule has 2 saturated heterocycles. The van der Waals surface area contributed by atoms with Gasteiger partial charge in [0.15, 0.2) is 0 Å². The molecule has 2 aliphatic rings. The Morgan fingerprint density at radius 2 is 1.32 bits per heavy atom. The van der Waals surface area contributed by atoms with Crippen LogP contribution in [-0.2, 0) is 16.2 Å². The van der Waals surface area contributed by atoms with Gasteiger partial charge in [0.2, 0.25) is 10.0 Å². The number of nitrogens with one attached hydrogen (secondary N) is 2. The third-order valence-electron chi connectivity index (χ3n) is 6.30. The van der Waals surface area contributed by atoms with Crippen LogP contribution in [0.15, 0.2) is 53.4 Å². The van der Waals surface area contributed by atoms with Gasteiger partial charge >= 0.3 is 12.2 Å². The first-order valence-corrected chi connectivity index (χ1v) is 12.7. The smallest absolute Gasteiger partial charge is 0.308 e. The Labute approximate surface area is 197 Å². The molecule has 0 spiro atoms. The van der Waals surface area contributed by atoms with Crippen molar-refractivity contribution in [1.29, 1.82) is 0 Å². The van der Waals surface area contributed by atoms with Gasteiger partial charge in [0.1, 0.15) is 0 Å². The van der Waals surface area contributed by atoms with Gasteiger partial charge in [-0.1, -0.05) is 0 Å². The molecule has 11 heteroatoms. The summed E-state index contributed by atoms with van der Waals surface area (Å²) in [5.41, 5.74) is -0.256. The van der Waals surface area contributed by atoms with Gasteiger partial charge in [-0.3, -0.25) is 0 Å². The van der Waals surface area contributed by atoms with Gasteiger partial charge < -0.3 is 15.5 Å². The van der Waals surface area contributed by atoms with Crippen LogP contribution in [0.2, 0.25) is 0 Å². The van der Waals surface area contributed by atoms with Gasteiger partial charge in [-0.25, -0.2) is 13.2 Å². The van der Waals surface area contributed by atoms with Crippen LogP contribution in [-0.4, -0.2) is 55.9 Å². The van der Waals surface area contributed by atoms with E-state index in [1.807, 2.05) is 0 Å². The first-order chi connectivity index (χ1) is 16.1. The maximum atomic E-state index is 13.0. The number of rotatable bonds is 5. The fraction of sp³-hybridized carbons (Fsp3) is 0.435. The second-order valence-corrected chi connectivity index (χ2v) is 10.5. The zero-order chi connectivity index (χ0) is 24.3. The summed E-state index contributed by atoms with van der Waals surface area (Å²) in [6, 6.07) is 9.71. The Balaban J connectivity index is 1.32. The lowest BCUT2D eigenvalue weighted by molar-refractivity contribution is -0.137. The lowest BCUT2D eigenvalue weighted by Crippen LogP contribution is -2.45. The second-order valence-electron chi connectivity index (χ2n) is 8.56. The highest BCUT2D eigenvalue weighted by Crippen LogP contribution is 2.30. The van der Waals surface area contributed by atoms with Crippen molar-refractivity contribution in [3.05, 3.63) is 54.1 Å². The number of amides is 2. The lowest BCUT2D eigenvalue weighted by Gasteiger charge is -2.36. The van der Waals surface area contributed by atoms with Gasteiger partial charge in [-0.2, -0.15) is 17.5 Å². The topological polar surface area (TPSA) is 81.8 Å². The van der Waals surface area contributed by atoms with Gasteiger partial charge in [0, 0.05) is 30.5 Å². The molecule has 184 valence electrons. The molecule has 4 rings (SSSR count). The summed E-state index contributed by atoms with van der Waals surface area (Å²) in [5.74, 6) is 0. The Kier molecular flexibility index (Phi) is 7.15. The van der Waals surface area contributed by atoms with Crippen LogP contribution in [0.25, 0.3) is 0 Å². The number of carbonyl (C=O) groups excluding carboxylic acids is 1. The van der Waals surface area contributed by atoms with Gasteiger partial charge in [-0.15, -0.1) is 0 Å². The molecule has 2 fully saturated rings. The number of likely N-dealkylation sites (tertiary alicyclic amines) is 1. The molecular formula is C23H27F3N4O3S. The zero-order valence-electron chi connectivity index (χ0n) is 18.5. The first kappa shape index (κ1) is 24.5. The number of piperidine rings is 1. The van der Waals surface area contributed by atoms with E-state index < -0.39 is 27.8 Å². The SMILES string of the molecule is O=C(Nc1ccc(C(F)(F)F)cc1)Nc1ccc(S(=O)(=O)N2CCC(N3CCCC3)CC2)cc1. The molecule has 0 radical (unpaired) electrons. The first-order valence-electron chi connectivity index (χ1n) is 11.2. The molecule has 2 aromatic carbocycles. The number of sulfonamides is 1. The molecule has 2 heterocycles. The van der Waals surface area contributed by atoms with Gasteiger partial charge in [-0.05, 0) is 87.3 Å². The summed E-state index contributed by atoms with van der Waals surface area (Å²) in [4.78, 5) is 14.8. The predicted octanol–water partition coefficient (Wildman–Crippen LogP) is 4.60. The summed E-state index contributed by atoms with van der Waals surface area (Å²) in [6.07, 6.45) is -0.388. The van der Waals surface area contributed by atoms with E-state index >= 15 is 0 Å². The van der Waals surface area contributed by atoms with E-state index in [4.69, 9.17) is 0 Å². The van der Waals surface area contributed by atoms with E-state index in [9.17, 15) is 26.4 Å². The molecule has 0 aliphatic carbocycles. The van der Waals surface area contributed by atoms with Crippen molar-refractivity contribution >= 4 is 27.4 Å². The molecular weight excluding hydrogens is 469 g/mol. The van der Waals surface area contributed by atoms with Crippen molar-refractivity contribution in [3.8, 4) is 0 Å². The lowest BCUT2D eigenvalue weighted by atomic mass is 10.1. The summed E-state index contributed by atoms with van der Waals surface area (Å²) < 4.78 is 65.5. The number of benzene rings is 2. The third kappa shape index (κ3) is 5.70. The molecule has 0 atom stereocenters. The Morgan fingerprint density at radius 3 is 1.82 bits per heavy atom. The number of halogens is 3. The Bertz CT molecular complexity index is 1090. The van der Waals surface area contributed by atoms with Crippen molar-refractivity contribution in [3.63, 3.8) is 0 Å². The number of hydrogen-bond acceptors (Lipinski definition) is 4. The highest BCUT2D eigenvalue weighted by Gasteiger charge is 2.32. The van der Waals surface area contributed by atoms with Crippen LogP contribution in [0.5, 0.6) is 0 Å². The average molecular weight is 497 g/mol. The quantitative estimate of drug-likeness (QED) is 0.634. The molecule has 0 aromatic heterocycles. The normalized spacial score (nSPS) is 18.7. The summed E-state index contributed by atoms with van der Waals surface area (Å²) >= 11 is 0. The minimum absolute atomic E-state index is 0.154. The number of nitrogens with zero attached hydrogens (tertiary/aromatic N) is 2. The molecule has 34 heavy (non-hydrogen) atoms. The van der Waals surface area contributed by atoms with Crippen LogP contribution in [0.3, 0.4) is 0 Å². The maximum absolute atomic E-state index is 13.0. The summed E-state index contributed by atoms with van der Waals surface area (Å²) in [6.45, 7) is 3.16. The van der Waals surface area contributed by atoms with Crippen molar-refractivity contribution in [1.82, 2.24) is 9.21 Å². The Morgan fingerprint density at radius 1 is 0.824 bits per heavy atom. The van der Waals surface area contributed by atoms with Crippen molar-refractivity contribution in [2.24, 2.45) is 0 Å². The van der Waals surface area contributed by atoms with E-state index in [1.165, 1.54) is 41.4 Å². The van der Waals surface area contributed by atoms with E-state index in [-0.39, 0.29) is 10.6 Å². The van der Waals surface area contributed by atoms with Crippen LogP contribution in [0.1, 0.15) is 31.2 Å². The van der Waals surface area contributed by atoms with Crippen LogP contribution in [0.4, 0.5) is 29.3 Å². The number of alkyl halides is 3. The molecule has 2 N–H and O–H groups in total. The molecule has 2 aliphatic heterocycles. The predicted molar refractivity (Wildman–Crippen MR) is 123 cm³/mol. The summed E-state index contributed by atoms with van der Waals surface area (Å²) in [7, 11) is -3.62. The van der Waals surface area contributed by atoms with Crippen LogP contribution < -0.4 is 10.6 Å². The number of carbonyl (C=O) groups is 1. The Hall–Kier alpha value is -2.63. The van der Waals surface area contributed by atoms with Crippen LogP contribution in [0, 0.1) is 0 Å². The highest BCUT2D eigenvalue weighted by molar-refractivity contribution is 7.89. The van der Waals surface area contributed by atoms with Crippen molar-refractivity contribution in [2.45, 2.75) is 42.8 Å². The summed E-state index contributed by atoms with van der Waals surface area (Å²) in [5, 5.41) is 4.99. The molecule has 2 amide bonds. The minimum atomic E-state index is -4.45. The minimum Gasteiger partial charge on any atom is -0.308 e. The van der Waals surface area contributed by atoms with Gasteiger partial charge in [0.25, 0.3) is 0 Å². The van der Waals surface area contributed by atoms with Crippen LogP contribution >= 0.6 is 0 Å². The zero-order valence-corrected chi connectivity index (χ0v) is 19.3. The number of urea groups is 1. The molecule has 2 aromatic rings. The van der Waals surface area contributed by atoms with Gasteiger partial charge in [0.05, 0.1) is 10.5 Å². The van der Waals surface area contributed by atoms with E-state index in [1.54, 1.807) is 0 Å². The fourth-order valence-electron chi connectivity index (χ4n) is 4.45. The van der Waals surface area contributed by atoms with E-state index in [2.05, 4.69) is 15.5 Å².